The Hall–Kier alpha value is -8.16. The van der Waals surface area contributed by atoms with Gasteiger partial charge in [0, 0.05) is 32.3 Å². The standard InChI is InChI=1S/C32H16N12O8/c45-41(46)21-19-20(22(42(47)48)24(44(51)52)23(21)43(49)50)32-39-30-18-12-6-4-10-16(18)28(37-30)35-26-14-8-2-1-7-13(14)25(33-26)34-27-15-9-3-5-11-17(15)29(36-27)38-31(19)40-32/h1-12H,(H4,33,34,35,36,37,38,39,40). The van der Waals surface area contributed by atoms with Crippen LogP contribution in [0.15, 0.2) is 92.8 Å². The Kier molecular flexibility index (Phi) is 6.14. The number of H-pyrrole nitrogens is 4. The lowest BCUT2D eigenvalue weighted by Gasteiger charge is -2.01. The summed E-state index contributed by atoms with van der Waals surface area (Å²) < 4.78 is 0. The van der Waals surface area contributed by atoms with Gasteiger partial charge in [0.1, 0.15) is 56.0 Å². The second kappa shape index (κ2) is 10.7. The van der Waals surface area contributed by atoms with Gasteiger partial charge in [0.25, 0.3) is 0 Å². The minimum absolute atomic E-state index is 0.0579. The quantitative estimate of drug-likeness (QED) is 0.137. The van der Waals surface area contributed by atoms with Crippen molar-refractivity contribution in [3.63, 3.8) is 0 Å². The summed E-state index contributed by atoms with van der Waals surface area (Å²) in [6, 6.07) is 21.2. The summed E-state index contributed by atoms with van der Waals surface area (Å²) in [5.74, 6) is 0.718. The van der Waals surface area contributed by atoms with Gasteiger partial charge in [0.05, 0.1) is 19.7 Å². The molecule has 252 valence electrons. The number of aromatic amines is 4. The van der Waals surface area contributed by atoms with Crippen molar-refractivity contribution >= 4 is 89.1 Å². The lowest BCUT2D eigenvalue weighted by molar-refractivity contribution is -0.450. The van der Waals surface area contributed by atoms with Crippen LogP contribution in [0.5, 0.6) is 0 Å². The van der Waals surface area contributed by atoms with Gasteiger partial charge >= 0.3 is 22.7 Å². The summed E-state index contributed by atoms with van der Waals surface area (Å²) in [6.45, 7) is 0. The molecule has 8 bridgehead atoms. The number of nitro groups is 4. The number of nitrogens with zero attached hydrogens (tertiary/aromatic N) is 8. The summed E-state index contributed by atoms with van der Waals surface area (Å²) in [6.07, 6.45) is 0. The third kappa shape index (κ3) is 4.20. The zero-order valence-corrected chi connectivity index (χ0v) is 25.8. The predicted octanol–water partition coefficient (Wildman–Crippen LogP) is 5.36. The van der Waals surface area contributed by atoms with Crippen LogP contribution in [0, 0.1) is 40.5 Å². The Morgan fingerprint density at radius 2 is 0.635 bits per heavy atom. The van der Waals surface area contributed by atoms with Crippen molar-refractivity contribution in [2.24, 2.45) is 20.0 Å². The molecule has 20 heteroatoms. The van der Waals surface area contributed by atoms with Crippen LogP contribution in [0.3, 0.4) is 0 Å². The maximum atomic E-state index is 12.6. The molecule has 4 aromatic carbocycles. The second-order valence-electron chi connectivity index (χ2n) is 11.5. The van der Waals surface area contributed by atoms with Gasteiger partial charge < -0.3 is 19.9 Å². The van der Waals surface area contributed by atoms with E-state index in [1.807, 2.05) is 24.3 Å². The fourth-order valence-corrected chi connectivity index (χ4v) is 6.67. The highest BCUT2D eigenvalue weighted by Gasteiger charge is 2.49. The van der Waals surface area contributed by atoms with Gasteiger partial charge in [-0.2, -0.15) is 0 Å². The van der Waals surface area contributed by atoms with Crippen LogP contribution in [-0.4, -0.2) is 39.6 Å². The summed E-state index contributed by atoms with van der Waals surface area (Å²) in [7, 11) is 0. The summed E-state index contributed by atoms with van der Waals surface area (Å²) >= 11 is 0. The molecule has 0 unspecified atom stereocenters. The Labute approximate surface area is 283 Å². The number of fused-ring (bicyclic) bond motifs is 20. The zero-order valence-electron chi connectivity index (χ0n) is 25.8. The molecule has 0 amide bonds. The molecular weight excluding hydrogens is 680 g/mol. The number of aromatic nitrogens is 4. The highest BCUT2D eigenvalue weighted by Crippen LogP contribution is 2.48. The molecule has 0 aliphatic carbocycles. The van der Waals surface area contributed by atoms with E-state index in [2.05, 4.69) is 29.9 Å². The first kappa shape index (κ1) is 29.9. The van der Waals surface area contributed by atoms with Crippen molar-refractivity contribution in [1.29, 1.82) is 0 Å². The van der Waals surface area contributed by atoms with Crippen LogP contribution < -0.4 is 22.0 Å². The average Bonchev–Trinajstić information content (AvgIpc) is 3.86. The van der Waals surface area contributed by atoms with E-state index in [1.54, 1.807) is 48.5 Å². The third-order valence-corrected chi connectivity index (χ3v) is 8.75. The molecule has 1 aliphatic rings. The minimum atomic E-state index is -1.69. The van der Waals surface area contributed by atoms with Gasteiger partial charge in [-0.3, -0.25) is 40.5 Å². The number of hydrogen-bond acceptors (Lipinski definition) is 12. The van der Waals surface area contributed by atoms with Gasteiger partial charge in [-0.1, -0.05) is 72.8 Å². The van der Waals surface area contributed by atoms with Gasteiger partial charge in [-0.15, -0.1) is 0 Å². The first-order chi connectivity index (χ1) is 25.1. The van der Waals surface area contributed by atoms with Crippen LogP contribution in [0.1, 0.15) is 0 Å². The first-order valence-electron chi connectivity index (χ1n) is 15.1. The number of rotatable bonds is 4. The van der Waals surface area contributed by atoms with E-state index in [0.717, 1.165) is 10.8 Å². The molecule has 0 atom stereocenters. The van der Waals surface area contributed by atoms with E-state index in [4.69, 9.17) is 9.98 Å². The summed E-state index contributed by atoms with van der Waals surface area (Å²) in [5, 5.41) is 51.9. The van der Waals surface area contributed by atoms with Gasteiger partial charge in [-0.05, 0) is 0 Å². The Morgan fingerprint density at radius 3 is 0.942 bits per heavy atom. The first-order valence-corrected chi connectivity index (χ1v) is 15.1. The maximum absolute atomic E-state index is 12.6. The molecule has 5 heterocycles. The van der Waals surface area contributed by atoms with Crippen molar-refractivity contribution in [3.05, 3.63) is 135 Å². The molecule has 0 saturated heterocycles. The monoisotopic (exact) mass is 696 g/mol. The molecular formula is C32H16N12O8. The van der Waals surface area contributed by atoms with E-state index in [-0.39, 0.29) is 11.6 Å². The molecule has 8 aromatic rings. The van der Waals surface area contributed by atoms with E-state index < -0.39 is 64.2 Å². The Bertz CT molecular complexity index is 3020. The van der Waals surface area contributed by atoms with Gasteiger partial charge in [0.2, 0.25) is 0 Å². The van der Waals surface area contributed by atoms with Crippen LogP contribution in [0.4, 0.5) is 46.0 Å². The molecule has 0 saturated carbocycles. The lowest BCUT2D eigenvalue weighted by atomic mass is 10.1. The second-order valence-corrected chi connectivity index (χ2v) is 11.5. The SMILES string of the molecule is O=[N+]([O-])c1c([N+](=O)[O-])c([N+](=O)[O-])c2c3[nH]c(c2c1[N+](=O)[O-])=Nc1[nH]c(c2ccccc12)N=c1[nH]c(c2ccccc12)=Nc1[nH]c(c2ccccc12)N=3. The van der Waals surface area contributed by atoms with Crippen molar-refractivity contribution < 1.29 is 19.7 Å². The van der Waals surface area contributed by atoms with Crippen molar-refractivity contribution in [2.45, 2.75) is 0 Å². The smallest absolute Gasteiger partial charge is 0.324 e. The molecule has 52 heavy (non-hydrogen) atoms. The summed E-state index contributed by atoms with van der Waals surface area (Å²) in [4.78, 5) is 75.8. The van der Waals surface area contributed by atoms with Gasteiger partial charge in [-0.25, -0.2) is 20.0 Å². The number of hydrogen-bond donors (Lipinski definition) is 4. The van der Waals surface area contributed by atoms with Crippen LogP contribution in [0.25, 0.3) is 43.1 Å². The van der Waals surface area contributed by atoms with E-state index in [1.165, 1.54) is 0 Å². The van der Waals surface area contributed by atoms with E-state index in [0.29, 0.717) is 44.2 Å². The topological polar surface area (TPSA) is 285 Å². The number of nitrogens with one attached hydrogen (secondary N) is 4. The fourth-order valence-electron chi connectivity index (χ4n) is 6.67. The molecule has 1 aliphatic heterocycles. The summed E-state index contributed by atoms with van der Waals surface area (Å²) in [5.41, 5.74) is -6.22. The van der Waals surface area contributed by atoms with Crippen molar-refractivity contribution in [1.82, 2.24) is 19.9 Å². The van der Waals surface area contributed by atoms with E-state index in [9.17, 15) is 40.5 Å². The van der Waals surface area contributed by atoms with Crippen molar-refractivity contribution in [2.75, 3.05) is 0 Å². The Balaban J connectivity index is 1.58. The normalized spacial score (nSPS) is 12.3. The van der Waals surface area contributed by atoms with Gasteiger partial charge in [0.15, 0.2) is 0 Å². The molecule has 0 fully saturated rings. The predicted molar refractivity (Wildman–Crippen MR) is 183 cm³/mol. The minimum Gasteiger partial charge on any atom is -0.324 e. The molecule has 0 radical (unpaired) electrons. The fraction of sp³-hybridized carbons (Fsp3) is 0. The molecule has 0 spiro atoms. The highest BCUT2D eigenvalue weighted by molar-refractivity contribution is 6.07. The van der Waals surface area contributed by atoms with Crippen molar-refractivity contribution in [3.8, 4) is 0 Å². The largest absolute Gasteiger partial charge is 0.430 e. The highest BCUT2D eigenvalue weighted by atomic mass is 16.7. The average molecular weight is 697 g/mol. The van der Waals surface area contributed by atoms with Crippen LogP contribution in [-0.2, 0) is 0 Å². The Morgan fingerprint density at radius 1 is 0.365 bits per heavy atom. The zero-order chi connectivity index (χ0) is 36.0. The molecule has 4 N–H and O–H groups in total. The van der Waals surface area contributed by atoms with Crippen LogP contribution >= 0.6 is 0 Å². The molecule has 4 aromatic heterocycles. The number of benzene rings is 4. The lowest BCUT2D eigenvalue weighted by Crippen LogP contribution is -2.11. The third-order valence-electron chi connectivity index (χ3n) is 8.75. The van der Waals surface area contributed by atoms with Crippen LogP contribution in [0.2, 0.25) is 0 Å². The number of nitro benzene ring substituents is 4. The van der Waals surface area contributed by atoms with E-state index >= 15 is 0 Å². The molecule has 9 rings (SSSR count). The molecule has 20 nitrogen and oxygen atoms in total. The maximum Gasteiger partial charge on any atom is 0.430 e.